The quantitative estimate of drug-likeness (QED) is 0.876. The van der Waals surface area contributed by atoms with Crippen LogP contribution in [0.1, 0.15) is 39.2 Å². The smallest absolute Gasteiger partial charge is 0.247 e. The van der Waals surface area contributed by atoms with Crippen LogP contribution in [0.2, 0.25) is 0 Å². The van der Waals surface area contributed by atoms with Gasteiger partial charge in [0, 0.05) is 11.1 Å². The van der Waals surface area contributed by atoms with Gasteiger partial charge in [0.05, 0.1) is 0 Å². The maximum absolute atomic E-state index is 13.0. The Morgan fingerprint density at radius 2 is 2.00 bits per heavy atom. The molecule has 3 heterocycles. The number of benzene rings is 1. The van der Waals surface area contributed by atoms with E-state index in [0.717, 1.165) is 5.69 Å². The maximum atomic E-state index is 13.0. The minimum absolute atomic E-state index is 0.00911. The molecule has 4 rings (SSSR count). The third kappa shape index (κ3) is 1.92. The van der Waals surface area contributed by atoms with E-state index in [0.29, 0.717) is 18.8 Å². The number of amides is 2. The number of hydrogen-bond acceptors (Lipinski definition) is 3. The lowest BCUT2D eigenvalue weighted by molar-refractivity contribution is -0.149. The Hall–Kier alpha value is -2.04. The Bertz CT molecular complexity index is 687. The average molecular weight is 313 g/mol. The number of rotatable bonds is 2. The van der Waals surface area contributed by atoms with Gasteiger partial charge in [-0.05, 0) is 30.4 Å². The highest BCUT2D eigenvalue weighted by molar-refractivity contribution is 5.98. The average Bonchev–Trinajstić information content (AvgIpc) is 2.94. The summed E-state index contributed by atoms with van der Waals surface area (Å²) in [6.07, 6.45) is 1.23. The van der Waals surface area contributed by atoms with Gasteiger partial charge in [-0.2, -0.15) is 0 Å². The van der Waals surface area contributed by atoms with E-state index in [-0.39, 0.29) is 29.4 Å². The molecule has 0 bridgehead atoms. The number of anilines is 1. The van der Waals surface area contributed by atoms with Gasteiger partial charge in [0.15, 0.2) is 0 Å². The molecule has 4 atom stereocenters. The Labute approximate surface area is 136 Å². The van der Waals surface area contributed by atoms with E-state index in [1.165, 1.54) is 5.56 Å². The van der Waals surface area contributed by atoms with Crippen LogP contribution in [0.25, 0.3) is 0 Å². The Balaban J connectivity index is 1.71. The number of nitrogens with zero attached hydrogens (tertiary/aromatic N) is 1. The Kier molecular flexibility index (Phi) is 2.99. The first-order chi connectivity index (χ1) is 10.9. The minimum atomic E-state index is -0.397. The number of piperazine rings is 1. The zero-order valence-corrected chi connectivity index (χ0v) is 13.8. The third-order valence-electron chi connectivity index (χ3n) is 5.55. The number of para-hydroxylation sites is 1. The number of nitrogens with one attached hydrogen (secondary N) is 2. The van der Waals surface area contributed by atoms with Crippen molar-refractivity contribution in [2.75, 3.05) is 5.32 Å². The van der Waals surface area contributed by atoms with Crippen molar-refractivity contribution in [3.8, 4) is 0 Å². The fourth-order valence-corrected chi connectivity index (χ4v) is 4.48. The zero-order valence-electron chi connectivity index (χ0n) is 13.8. The highest BCUT2D eigenvalue weighted by Crippen LogP contribution is 2.51. The van der Waals surface area contributed by atoms with Gasteiger partial charge in [-0.1, -0.05) is 39.0 Å². The molecule has 0 radical (unpaired) electrons. The summed E-state index contributed by atoms with van der Waals surface area (Å²) >= 11 is 0. The van der Waals surface area contributed by atoms with Gasteiger partial charge < -0.3 is 15.5 Å². The van der Waals surface area contributed by atoms with Crippen molar-refractivity contribution in [3.05, 3.63) is 29.8 Å². The molecule has 0 unspecified atom stereocenters. The molecule has 2 amide bonds. The predicted octanol–water partition coefficient (Wildman–Crippen LogP) is 1.84. The minimum Gasteiger partial charge on any atom is -0.364 e. The summed E-state index contributed by atoms with van der Waals surface area (Å²) in [6, 6.07) is 7.42. The monoisotopic (exact) mass is 313 g/mol. The second-order valence-electron chi connectivity index (χ2n) is 7.67. The highest BCUT2D eigenvalue weighted by atomic mass is 16.2. The van der Waals surface area contributed by atoms with Crippen molar-refractivity contribution in [1.82, 2.24) is 10.2 Å². The molecule has 23 heavy (non-hydrogen) atoms. The first kappa shape index (κ1) is 14.5. The fourth-order valence-electron chi connectivity index (χ4n) is 4.48. The number of hydrogen-bond donors (Lipinski definition) is 2. The van der Waals surface area contributed by atoms with Crippen molar-refractivity contribution in [3.63, 3.8) is 0 Å². The summed E-state index contributed by atoms with van der Waals surface area (Å²) in [6.45, 7) is 6.30. The van der Waals surface area contributed by atoms with Crippen molar-refractivity contribution < 1.29 is 9.59 Å². The second kappa shape index (κ2) is 4.73. The van der Waals surface area contributed by atoms with Gasteiger partial charge >= 0.3 is 0 Å². The van der Waals surface area contributed by atoms with E-state index in [1.54, 1.807) is 0 Å². The molecule has 5 heteroatoms. The van der Waals surface area contributed by atoms with E-state index < -0.39 is 6.04 Å². The Morgan fingerprint density at radius 1 is 1.26 bits per heavy atom. The van der Waals surface area contributed by atoms with E-state index >= 15 is 0 Å². The molecule has 1 aromatic carbocycles. The number of fused-ring (bicyclic) bond motifs is 5. The van der Waals surface area contributed by atoms with Crippen LogP contribution >= 0.6 is 0 Å². The van der Waals surface area contributed by atoms with Crippen molar-refractivity contribution >= 4 is 17.5 Å². The standard InChI is InChI=1S/C18H23N3O2/c1-10(2)8-13-16(23)21-14(15(22)19-13)9-18(3)11-6-4-5-7-12(11)20-17(18)21/h4-7,10,13-14,17,20H,8-9H2,1-3H3,(H,19,22)/t13-,14+,17-,18-/m0/s1. The van der Waals surface area contributed by atoms with Crippen LogP contribution in [0.4, 0.5) is 5.69 Å². The normalized spacial score (nSPS) is 34.8. The zero-order chi connectivity index (χ0) is 16.4. The van der Waals surface area contributed by atoms with Crippen LogP contribution in [0.15, 0.2) is 24.3 Å². The third-order valence-corrected chi connectivity index (χ3v) is 5.55. The van der Waals surface area contributed by atoms with E-state index in [1.807, 2.05) is 23.1 Å². The van der Waals surface area contributed by atoms with Crippen molar-refractivity contribution in [1.29, 1.82) is 0 Å². The van der Waals surface area contributed by atoms with Gasteiger partial charge in [0.25, 0.3) is 0 Å². The molecule has 122 valence electrons. The predicted molar refractivity (Wildman–Crippen MR) is 87.8 cm³/mol. The molecular formula is C18H23N3O2. The van der Waals surface area contributed by atoms with E-state index in [9.17, 15) is 9.59 Å². The molecule has 0 aromatic heterocycles. The summed E-state index contributed by atoms with van der Waals surface area (Å²) < 4.78 is 0. The number of carbonyl (C=O) groups excluding carboxylic acids is 2. The van der Waals surface area contributed by atoms with Crippen LogP contribution in [-0.4, -0.2) is 35.0 Å². The maximum Gasteiger partial charge on any atom is 0.247 e. The molecular weight excluding hydrogens is 290 g/mol. The van der Waals surface area contributed by atoms with Crippen LogP contribution in [-0.2, 0) is 15.0 Å². The molecule has 2 N–H and O–H groups in total. The van der Waals surface area contributed by atoms with E-state index in [4.69, 9.17) is 0 Å². The lowest BCUT2D eigenvalue weighted by Crippen LogP contribution is -2.64. The van der Waals surface area contributed by atoms with Gasteiger partial charge in [-0.25, -0.2) is 0 Å². The second-order valence-corrected chi connectivity index (χ2v) is 7.67. The summed E-state index contributed by atoms with van der Waals surface area (Å²) in [5.74, 6) is 0.408. The summed E-state index contributed by atoms with van der Waals surface area (Å²) in [5, 5.41) is 6.43. The largest absolute Gasteiger partial charge is 0.364 e. The summed E-state index contributed by atoms with van der Waals surface area (Å²) in [7, 11) is 0. The van der Waals surface area contributed by atoms with Gasteiger partial charge in [0.1, 0.15) is 18.2 Å². The SMILES string of the molecule is CC(C)C[C@@H]1NC(=O)[C@H]2C[C@@]3(C)c4ccccc4N[C@H]3N2C1=O. The van der Waals surface area contributed by atoms with E-state index in [2.05, 4.69) is 37.5 Å². The lowest BCUT2D eigenvalue weighted by atomic mass is 9.80. The molecule has 2 fully saturated rings. The molecule has 3 aliphatic heterocycles. The molecule has 2 saturated heterocycles. The fraction of sp³-hybridized carbons (Fsp3) is 0.556. The van der Waals surface area contributed by atoms with Crippen LogP contribution in [0.3, 0.4) is 0 Å². The molecule has 0 aliphatic carbocycles. The summed E-state index contributed by atoms with van der Waals surface area (Å²) in [4.78, 5) is 27.4. The highest BCUT2D eigenvalue weighted by Gasteiger charge is 2.60. The van der Waals surface area contributed by atoms with Gasteiger partial charge in [-0.3, -0.25) is 9.59 Å². The first-order valence-electron chi connectivity index (χ1n) is 8.40. The van der Waals surface area contributed by atoms with Crippen molar-refractivity contribution in [2.24, 2.45) is 5.92 Å². The van der Waals surface area contributed by atoms with Crippen LogP contribution < -0.4 is 10.6 Å². The molecule has 0 saturated carbocycles. The summed E-state index contributed by atoms with van der Waals surface area (Å²) in [5.41, 5.74) is 2.08. The Morgan fingerprint density at radius 3 is 2.74 bits per heavy atom. The van der Waals surface area contributed by atoms with Crippen LogP contribution in [0, 0.1) is 5.92 Å². The molecule has 3 aliphatic rings. The van der Waals surface area contributed by atoms with Crippen molar-refractivity contribution in [2.45, 2.75) is 57.3 Å². The number of carbonyl (C=O) groups is 2. The van der Waals surface area contributed by atoms with Crippen LogP contribution in [0.5, 0.6) is 0 Å². The first-order valence-corrected chi connectivity index (χ1v) is 8.40. The van der Waals surface area contributed by atoms with Gasteiger partial charge in [0.2, 0.25) is 11.8 Å². The molecule has 1 aromatic rings. The molecule has 5 nitrogen and oxygen atoms in total. The molecule has 0 spiro atoms. The van der Waals surface area contributed by atoms with Gasteiger partial charge in [-0.15, -0.1) is 0 Å². The lowest BCUT2D eigenvalue weighted by Gasteiger charge is -2.38. The topological polar surface area (TPSA) is 61.4 Å².